The van der Waals surface area contributed by atoms with Crippen LogP contribution >= 0.6 is 0 Å². The van der Waals surface area contributed by atoms with Crippen molar-refractivity contribution in [1.29, 1.82) is 0 Å². The summed E-state index contributed by atoms with van der Waals surface area (Å²) < 4.78 is 38.4. The van der Waals surface area contributed by atoms with Crippen LogP contribution in [0.25, 0.3) is 0 Å². The Kier molecular flexibility index (Phi) is 6.27. The highest BCUT2D eigenvalue weighted by molar-refractivity contribution is 5.77. The van der Waals surface area contributed by atoms with E-state index >= 15 is 0 Å². The van der Waals surface area contributed by atoms with Crippen LogP contribution in [0.2, 0.25) is 0 Å². The van der Waals surface area contributed by atoms with E-state index < -0.39 is 11.7 Å². The van der Waals surface area contributed by atoms with Crippen LogP contribution in [0.4, 0.5) is 13.2 Å². The van der Waals surface area contributed by atoms with Crippen LogP contribution in [0.5, 0.6) is 0 Å². The second-order valence-electron chi connectivity index (χ2n) is 6.84. The molecular weight excluding hydrogens is 317 g/mol. The maximum Gasteiger partial charge on any atom is 0.416 e. The number of carbonyl (C=O) groups excluding carboxylic acids is 1. The van der Waals surface area contributed by atoms with Crippen molar-refractivity contribution < 1.29 is 18.0 Å². The number of nitrogens with one attached hydrogen (secondary N) is 1. The molecule has 1 aliphatic heterocycles. The fraction of sp³-hybridized carbons (Fsp3) is 0.611. The van der Waals surface area contributed by atoms with Gasteiger partial charge in [-0.3, -0.25) is 9.69 Å². The Morgan fingerprint density at radius 3 is 2.79 bits per heavy atom. The Hall–Kier alpha value is -1.56. The van der Waals surface area contributed by atoms with Gasteiger partial charge < -0.3 is 5.32 Å². The van der Waals surface area contributed by atoms with E-state index in [0.717, 1.165) is 32.0 Å². The van der Waals surface area contributed by atoms with Gasteiger partial charge in [0.25, 0.3) is 0 Å². The number of rotatable bonds is 5. The summed E-state index contributed by atoms with van der Waals surface area (Å²) in [5, 5.41) is 2.95. The zero-order valence-corrected chi connectivity index (χ0v) is 14.2. The largest absolute Gasteiger partial charge is 0.416 e. The number of nitrogens with zero attached hydrogens (tertiary/aromatic N) is 1. The first-order chi connectivity index (χ1) is 11.3. The molecule has 1 aromatic carbocycles. The third-order valence-corrected chi connectivity index (χ3v) is 4.35. The van der Waals surface area contributed by atoms with E-state index in [9.17, 15) is 18.0 Å². The normalized spacial score (nSPS) is 19.5. The van der Waals surface area contributed by atoms with Gasteiger partial charge in [-0.25, -0.2) is 0 Å². The number of alkyl halides is 3. The third kappa shape index (κ3) is 5.51. The second kappa shape index (κ2) is 8.01. The van der Waals surface area contributed by atoms with Crippen molar-refractivity contribution in [2.45, 2.75) is 39.4 Å². The first-order valence-corrected chi connectivity index (χ1v) is 8.42. The van der Waals surface area contributed by atoms with Crippen molar-refractivity contribution in [1.82, 2.24) is 10.2 Å². The quantitative estimate of drug-likeness (QED) is 0.885. The Labute approximate surface area is 141 Å². The van der Waals surface area contributed by atoms with Crippen LogP contribution in [0, 0.1) is 11.8 Å². The molecule has 1 fully saturated rings. The molecule has 1 N–H and O–H groups in total. The molecule has 134 valence electrons. The van der Waals surface area contributed by atoms with E-state index in [2.05, 4.69) is 10.2 Å². The highest BCUT2D eigenvalue weighted by Crippen LogP contribution is 2.30. The number of halogens is 3. The predicted octanol–water partition coefficient (Wildman–Crippen LogP) is 3.69. The molecule has 0 bridgehead atoms. The van der Waals surface area contributed by atoms with Gasteiger partial charge in [-0.1, -0.05) is 32.0 Å². The SMILES string of the molecule is CC(C)C(=O)NC[C@H]1CCCN(Cc2cccc(C(F)(F)F)c2)C1. The Morgan fingerprint density at radius 1 is 1.38 bits per heavy atom. The Bertz CT molecular complexity index is 557. The number of likely N-dealkylation sites (tertiary alicyclic amines) is 1. The Balaban J connectivity index is 1.90. The number of piperidine rings is 1. The van der Waals surface area contributed by atoms with Gasteiger partial charge in [0.05, 0.1) is 5.56 Å². The fourth-order valence-electron chi connectivity index (χ4n) is 3.01. The van der Waals surface area contributed by atoms with Gasteiger partial charge in [0.1, 0.15) is 0 Å². The summed E-state index contributed by atoms with van der Waals surface area (Å²) in [4.78, 5) is 13.8. The van der Waals surface area contributed by atoms with Crippen LogP contribution in [0.1, 0.15) is 37.8 Å². The minimum absolute atomic E-state index is 0.0326. The summed E-state index contributed by atoms with van der Waals surface area (Å²) >= 11 is 0. The maximum atomic E-state index is 12.8. The molecule has 0 unspecified atom stereocenters. The molecule has 0 aromatic heterocycles. The highest BCUT2D eigenvalue weighted by atomic mass is 19.4. The number of carbonyl (C=O) groups is 1. The molecule has 3 nitrogen and oxygen atoms in total. The fourth-order valence-corrected chi connectivity index (χ4v) is 3.01. The monoisotopic (exact) mass is 342 g/mol. The zero-order valence-electron chi connectivity index (χ0n) is 14.2. The molecule has 0 spiro atoms. The summed E-state index contributed by atoms with van der Waals surface area (Å²) in [6.07, 6.45) is -2.26. The lowest BCUT2D eigenvalue weighted by molar-refractivity contribution is -0.137. The van der Waals surface area contributed by atoms with Gasteiger partial charge in [-0.15, -0.1) is 0 Å². The van der Waals surface area contributed by atoms with Crippen molar-refractivity contribution in [2.75, 3.05) is 19.6 Å². The molecule has 1 aromatic rings. The third-order valence-electron chi connectivity index (χ3n) is 4.35. The molecule has 6 heteroatoms. The minimum Gasteiger partial charge on any atom is -0.356 e. The van der Waals surface area contributed by atoms with Gasteiger partial charge in [0.2, 0.25) is 5.91 Å². The van der Waals surface area contributed by atoms with Crippen molar-refractivity contribution in [3.63, 3.8) is 0 Å². The minimum atomic E-state index is -4.30. The molecule has 1 heterocycles. The number of benzene rings is 1. The molecule has 0 saturated carbocycles. The summed E-state index contributed by atoms with van der Waals surface area (Å²) in [5.41, 5.74) is 0.0782. The molecule has 0 aliphatic carbocycles. The van der Waals surface area contributed by atoms with Gasteiger partial charge in [0, 0.05) is 25.6 Å². The predicted molar refractivity (Wildman–Crippen MR) is 87.3 cm³/mol. The van der Waals surface area contributed by atoms with Gasteiger partial charge in [-0.2, -0.15) is 13.2 Å². The van der Waals surface area contributed by atoms with E-state index in [-0.39, 0.29) is 11.8 Å². The van der Waals surface area contributed by atoms with E-state index in [4.69, 9.17) is 0 Å². The lowest BCUT2D eigenvalue weighted by atomic mass is 9.97. The van der Waals surface area contributed by atoms with Crippen molar-refractivity contribution >= 4 is 5.91 Å². The summed E-state index contributed by atoms with van der Waals surface area (Å²) in [5.74, 6) is 0.368. The van der Waals surface area contributed by atoms with Crippen LogP contribution < -0.4 is 5.32 Å². The highest BCUT2D eigenvalue weighted by Gasteiger charge is 2.30. The zero-order chi connectivity index (χ0) is 17.7. The molecule has 24 heavy (non-hydrogen) atoms. The van der Waals surface area contributed by atoms with E-state index in [1.165, 1.54) is 12.1 Å². The van der Waals surface area contributed by atoms with E-state index in [1.807, 2.05) is 13.8 Å². The molecular formula is C18H25F3N2O. The average Bonchev–Trinajstić information content (AvgIpc) is 2.52. The smallest absolute Gasteiger partial charge is 0.356 e. The van der Waals surface area contributed by atoms with Crippen molar-refractivity contribution in [3.8, 4) is 0 Å². The van der Waals surface area contributed by atoms with Crippen molar-refractivity contribution in [2.24, 2.45) is 11.8 Å². The van der Waals surface area contributed by atoms with Crippen LogP contribution in [-0.4, -0.2) is 30.4 Å². The molecule has 1 atom stereocenters. The molecule has 0 radical (unpaired) electrons. The van der Waals surface area contributed by atoms with Crippen LogP contribution in [0.15, 0.2) is 24.3 Å². The van der Waals surface area contributed by atoms with Crippen molar-refractivity contribution in [3.05, 3.63) is 35.4 Å². The lowest BCUT2D eigenvalue weighted by Crippen LogP contribution is -2.41. The maximum absolute atomic E-state index is 12.8. The second-order valence-corrected chi connectivity index (χ2v) is 6.84. The van der Waals surface area contributed by atoms with Crippen LogP contribution in [0.3, 0.4) is 0 Å². The Morgan fingerprint density at radius 2 is 2.12 bits per heavy atom. The van der Waals surface area contributed by atoms with E-state index in [1.54, 1.807) is 6.07 Å². The summed E-state index contributed by atoms with van der Waals surface area (Å²) in [6, 6.07) is 5.52. The number of amides is 1. The molecule has 1 aliphatic rings. The summed E-state index contributed by atoms with van der Waals surface area (Å²) in [7, 11) is 0. The first-order valence-electron chi connectivity index (χ1n) is 8.42. The molecule has 1 saturated heterocycles. The molecule has 2 rings (SSSR count). The van der Waals surface area contributed by atoms with Crippen LogP contribution in [-0.2, 0) is 17.5 Å². The molecule has 1 amide bonds. The van der Waals surface area contributed by atoms with E-state index in [0.29, 0.717) is 24.6 Å². The number of hydrogen-bond donors (Lipinski definition) is 1. The topological polar surface area (TPSA) is 32.3 Å². The van der Waals surface area contributed by atoms with Gasteiger partial charge >= 0.3 is 6.18 Å². The average molecular weight is 342 g/mol. The summed E-state index contributed by atoms with van der Waals surface area (Å²) in [6.45, 7) is 6.54. The number of hydrogen-bond acceptors (Lipinski definition) is 2. The standard InChI is InChI=1S/C18H25F3N2O/c1-13(2)17(24)22-10-15-6-4-8-23(12-15)11-14-5-3-7-16(9-14)18(19,20)21/h3,5,7,9,13,15H,4,6,8,10-12H2,1-2H3,(H,22,24)/t15-/m1/s1. The first kappa shape index (κ1) is 18.8. The van der Waals surface area contributed by atoms with Gasteiger partial charge in [-0.05, 0) is 36.9 Å². The van der Waals surface area contributed by atoms with Gasteiger partial charge in [0.15, 0.2) is 0 Å². The lowest BCUT2D eigenvalue weighted by Gasteiger charge is -2.33.